The molecular formula is C14H15ClFN3O2. The van der Waals surface area contributed by atoms with E-state index in [4.69, 9.17) is 22.1 Å². The Kier molecular flexibility index (Phi) is 4.47. The van der Waals surface area contributed by atoms with E-state index in [1.807, 2.05) is 6.92 Å². The summed E-state index contributed by atoms with van der Waals surface area (Å²) in [4.78, 5) is 11.9. The van der Waals surface area contributed by atoms with E-state index in [2.05, 4.69) is 5.10 Å². The molecule has 0 atom stereocenters. The van der Waals surface area contributed by atoms with Crippen LogP contribution < -0.4 is 5.73 Å². The Bertz CT molecular complexity index is 685. The van der Waals surface area contributed by atoms with Crippen LogP contribution >= 0.6 is 11.6 Å². The summed E-state index contributed by atoms with van der Waals surface area (Å²) in [7, 11) is 0. The van der Waals surface area contributed by atoms with E-state index in [0.29, 0.717) is 23.0 Å². The number of hydrogen-bond donors (Lipinski definition) is 1. The van der Waals surface area contributed by atoms with Gasteiger partial charge in [-0.3, -0.25) is 4.68 Å². The molecule has 0 amide bonds. The third-order valence-electron chi connectivity index (χ3n) is 3.02. The molecule has 0 bridgehead atoms. The Morgan fingerprint density at radius 2 is 2.24 bits per heavy atom. The first-order chi connectivity index (χ1) is 9.93. The number of benzene rings is 1. The van der Waals surface area contributed by atoms with Crippen LogP contribution in [0.4, 0.5) is 10.1 Å². The number of rotatable bonds is 4. The van der Waals surface area contributed by atoms with Gasteiger partial charge in [-0.2, -0.15) is 5.10 Å². The highest BCUT2D eigenvalue weighted by Crippen LogP contribution is 2.21. The van der Waals surface area contributed by atoms with Gasteiger partial charge >= 0.3 is 5.97 Å². The van der Waals surface area contributed by atoms with Gasteiger partial charge in [0.05, 0.1) is 27.7 Å². The molecule has 2 rings (SSSR count). The average molecular weight is 312 g/mol. The topological polar surface area (TPSA) is 70.1 Å². The maximum absolute atomic E-state index is 13.1. The Morgan fingerprint density at radius 1 is 1.52 bits per heavy atom. The van der Waals surface area contributed by atoms with E-state index in [-0.39, 0.29) is 17.9 Å². The van der Waals surface area contributed by atoms with E-state index in [9.17, 15) is 9.18 Å². The van der Waals surface area contributed by atoms with Crippen molar-refractivity contribution in [1.82, 2.24) is 9.78 Å². The minimum Gasteiger partial charge on any atom is -0.456 e. The molecule has 2 N–H and O–H groups in total. The van der Waals surface area contributed by atoms with E-state index >= 15 is 0 Å². The van der Waals surface area contributed by atoms with E-state index in [1.54, 1.807) is 11.6 Å². The smallest absolute Gasteiger partial charge is 0.338 e. The summed E-state index contributed by atoms with van der Waals surface area (Å²) in [6, 6.07) is 3.68. The number of aryl methyl sites for hydroxylation is 2. The number of nitrogen functional groups attached to an aromatic ring is 1. The first-order valence-corrected chi connectivity index (χ1v) is 6.75. The summed E-state index contributed by atoms with van der Waals surface area (Å²) in [6.07, 6.45) is 0. The number of esters is 1. The summed E-state index contributed by atoms with van der Waals surface area (Å²) in [5.41, 5.74) is 6.81. The van der Waals surface area contributed by atoms with Crippen molar-refractivity contribution < 1.29 is 13.9 Å². The van der Waals surface area contributed by atoms with Crippen molar-refractivity contribution >= 4 is 23.3 Å². The highest BCUT2D eigenvalue weighted by atomic mass is 35.5. The standard InChI is InChI=1S/C14H15ClFN3O2/c1-3-19-12(13(15)8(2)18-19)7-21-14(20)9-4-5-10(16)11(17)6-9/h4-6H,3,7,17H2,1-2H3. The van der Waals surface area contributed by atoms with Crippen LogP contribution in [-0.4, -0.2) is 15.7 Å². The predicted octanol–water partition coefficient (Wildman–Crippen LogP) is 2.94. The number of ether oxygens (including phenoxy) is 1. The average Bonchev–Trinajstić information content (AvgIpc) is 2.74. The zero-order valence-electron chi connectivity index (χ0n) is 11.7. The van der Waals surface area contributed by atoms with E-state index in [1.165, 1.54) is 12.1 Å². The lowest BCUT2D eigenvalue weighted by Gasteiger charge is -2.08. The molecule has 0 saturated carbocycles. The quantitative estimate of drug-likeness (QED) is 0.696. The Labute approximate surface area is 126 Å². The lowest BCUT2D eigenvalue weighted by Crippen LogP contribution is -2.10. The molecule has 21 heavy (non-hydrogen) atoms. The molecule has 0 aliphatic heterocycles. The van der Waals surface area contributed by atoms with Gasteiger partial charge in [-0.05, 0) is 32.0 Å². The molecule has 0 aliphatic rings. The fourth-order valence-electron chi connectivity index (χ4n) is 1.89. The summed E-state index contributed by atoms with van der Waals surface area (Å²) in [5, 5.41) is 4.70. The molecule has 1 aromatic heterocycles. The zero-order valence-corrected chi connectivity index (χ0v) is 12.4. The highest BCUT2D eigenvalue weighted by Gasteiger charge is 2.16. The number of halogens is 2. The molecule has 0 saturated heterocycles. The van der Waals surface area contributed by atoms with E-state index < -0.39 is 11.8 Å². The molecule has 0 aliphatic carbocycles. The third-order valence-corrected chi connectivity index (χ3v) is 3.52. The van der Waals surface area contributed by atoms with Gasteiger partial charge in [0, 0.05) is 6.54 Å². The van der Waals surface area contributed by atoms with Gasteiger partial charge in [0.25, 0.3) is 0 Å². The molecule has 1 aromatic carbocycles. The number of nitrogens with two attached hydrogens (primary N) is 1. The van der Waals surface area contributed by atoms with Crippen LogP contribution in [0, 0.1) is 12.7 Å². The fraction of sp³-hybridized carbons (Fsp3) is 0.286. The van der Waals surface area contributed by atoms with Crippen molar-refractivity contribution in [3.8, 4) is 0 Å². The number of anilines is 1. The van der Waals surface area contributed by atoms with Crippen LogP contribution in [0.3, 0.4) is 0 Å². The van der Waals surface area contributed by atoms with Gasteiger partial charge in [0.2, 0.25) is 0 Å². The van der Waals surface area contributed by atoms with Crippen molar-refractivity contribution in [3.05, 3.63) is 46.0 Å². The second-order valence-electron chi connectivity index (χ2n) is 4.47. The SMILES string of the molecule is CCn1nc(C)c(Cl)c1COC(=O)c1ccc(F)c(N)c1. The molecule has 7 heteroatoms. The van der Waals surface area contributed by atoms with Crippen LogP contribution in [0.15, 0.2) is 18.2 Å². The number of aromatic nitrogens is 2. The Hall–Kier alpha value is -2.08. The van der Waals surface area contributed by atoms with Crippen LogP contribution in [0.5, 0.6) is 0 Å². The first kappa shape index (κ1) is 15.3. The summed E-state index contributed by atoms with van der Waals surface area (Å²) in [6.45, 7) is 4.29. The van der Waals surface area contributed by atoms with Crippen LogP contribution in [-0.2, 0) is 17.9 Å². The summed E-state index contributed by atoms with van der Waals surface area (Å²) >= 11 is 6.12. The van der Waals surface area contributed by atoms with Crippen molar-refractivity contribution in [2.45, 2.75) is 27.0 Å². The van der Waals surface area contributed by atoms with E-state index in [0.717, 1.165) is 6.07 Å². The van der Waals surface area contributed by atoms with Gasteiger partial charge < -0.3 is 10.5 Å². The van der Waals surface area contributed by atoms with Crippen molar-refractivity contribution in [2.24, 2.45) is 0 Å². The maximum atomic E-state index is 13.1. The lowest BCUT2D eigenvalue weighted by molar-refractivity contribution is 0.0462. The molecule has 1 heterocycles. The lowest BCUT2D eigenvalue weighted by atomic mass is 10.2. The zero-order chi connectivity index (χ0) is 15.6. The largest absolute Gasteiger partial charge is 0.456 e. The molecular weight excluding hydrogens is 297 g/mol. The fourth-order valence-corrected chi connectivity index (χ4v) is 2.08. The minimum atomic E-state index is -0.598. The first-order valence-electron chi connectivity index (χ1n) is 6.38. The molecule has 0 unspecified atom stereocenters. The molecule has 5 nitrogen and oxygen atoms in total. The second kappa shape index (κ2) is 6.13. The molecule has 0 fully saturated rings. The van der Waals surface area contributed by atoms with Crippen LogP contribution in [0.1, 0.15) is 28.7 Å². The second-order valence-corrected chi connectivity index (χ2v) is 4.85. The van der Waals surface area contributed by atoms with Crippen molar-refractivity contribution in [3.63, 3.8) is 0 Å². The normalized spacial score (nSPS) is 10.7. The summed E-state index contributed by atoms with van der Waals surface area (Å²) < 4.78 is 19.9. The minimum absolute atomic E-state index is 0.0103. The van der Waals surface area contributed by atoms with Crippen LogP contribution in [0.2, 0.25) is 5.02 Å². The van der Waals surface area contributed by atoms with Gasteiger partial charge in [-0.15, -0.1) is 0 Å². The number of hydrogen-bond acceptors (Lipinski definition) is 4. The maximum Gasteiger partial charge on any atom is 0.338 e. The predicted molar refractivity (Wildman–Crippen MR) is 77.6 cm³/mol. The third kappa shape index (κ3) is 3.16. The number of carbonyl (C=O) groups excluding carboxylic acids is 1. The summed E-state index contributed by atoms with van der Waals surface area (Å²) in [5.74, 6) is -1.17. The number of nitrogens with zero attached hydrogens (tertiary/aromatic N) is 2. The van der Waals surface area contributed by atoms with Crippen molar-refractivity contribution in [2.75, 3.05) is 5.73 Å². The highest BCUT2D eigenvalue weighted by molar-refractivity contribution is 6.31. The monoisotopic (exact) mass is 311 g/mol. The van der Waals surface area contributed by atoms with Gasteiger partial charge in [-0.25, -0.2) is 9.18 Å². The van der Waals surface area contributed by atoms with Gasteiger partial charge in [0.1, 0.15) is 12.4 Å². The Morgan fingerprint density at radius 3 is 2.86 bits per heavy atom. The molecule has 0 radical (unpaired) electrons. The van der Waals surface area contributed by atoms with Gasteiger partial charge in [0.15, 0.2) is 0 Å². The molecule has 2 aromatic rings. The number of carbonyl (C=O) groups is 1. The van der Waals surface area contributed by atoms with Crippen LogP contribution in [0.25, 0.3) is 0 Å². The molecule has 112 valence electrons. The van der Waals surface area contributed by atoms with Crippen molar-refractivity contribution in [1.29, 1.82) is 0 Å². The Balaban J connectivity index is 2.12. The van der Waals surface area contributed by atoms with Gasteiger partial charge in [-0.1, -0.05) is 11.6 Å². The molecule has 0 spiro atoms.